The summed E-state index contributed by atoms with van der Waals surface area (Å²) in [5, 5.41) is 0. The van der Waals surface area contributed by atoms with Crippen LogP contribution >= 0.6 is 0 Å². The average molecular weight is 268 g/mol. The molecule has 2 amide bonds. The fraction of sp³-hybridized carbons (Fsp3) is 0.615. The highest BCUT2D eigenvalue weighted by molar-refractivity contribution is 5.93. The van der Waals surface area contributed by atoms with Crippen LogP contribution in [0.2, 0.25) is 0 Å². The van der Waals surface area contributed by atoms with Gasteiger partial charge in [-0.3, -0.25) is 9.59 Å². The Labute approximate surface area is 113 Å². The molecule has 0 N–H and O–H groups in total. The van der Waals surface area contributed by atoms with Crippen LogP contribution in [-0.2, 0) is 19.1 Å². The predicted molar refractivity (Wildman–Crippen MR) is 69.2 cm³/mol. The Kier molecular flexibility index (Phi) is 5.54. The van der Waals surface area contributed by atoms with Gasteiger partial charge in [-0.05, 0) is 13.3 Å². The fourth-order valence-electron chi connectivity index (χ4n) is 1.88. The monoisotopic (exact) mass is 268 g/mol. The third-order valence-corrected chi connectivity index (χ3v) is 3.13. The molecule has 0 unspecified atom stereocenters. The Balaban J connectivity index is 2.67. The van der Waals surface area contributed by atoms with Crippen molar-refractivity contribution in [3.05, 3.63) is 11.6 Å². The summed E-state index contributed by atoms with van der Waals surface area (Å²) in [5.41, 5.74) is 0.515. The van der Waals surface area contributed by atoms with E-state index in [4.69, 9.17) is 0 Å². The van der Waals surface area contributed by atoms with Crippen LogP contribution in [0.4, 0.5) is 0 Å². The van der Waals surface area contributed by atoms with Crippen LogP contribution in [0, 0.1) is 0 Å². The van der Waals surface area contributed by atoms with Gasteiger partial charge < -0.3 is 14.5 Å². The highest BCUT2D eigenvalue weighted by Gasteiger charge is 2.28. The van der Waals surface area contributed by atoms with Gasteiger partial charge in [0.1, 0.15) is 6.54 Å². The first-order valence-electron chi connectivity index (χ1n) is 6.36. The van der Waals surface area contributed by atoms with E-state index in [1.807, 2.05) is 13.8 Å². The molecule has 0 aromatic heterocycles. The van der Waals surface area contributed by atoms with Crippen molar-refractivity contribution in [2.45, 2.75) is 20.3 Å². The van der Waals surface area contributed by atoms with Gasteiger partial charge in [-0.2, -0.15) is 0 Å². The number of ether oxygens (including phenoxy) is 1. The van der Waals surface area contributed by atoms with Crippen molar-refractivity contribution in [1.29, 1.82) is 0 Å². The number of amides is 2. The largest absolute Gasteiger partial charge is 0.466 e. The molecule has 0 saturated carbocycles. The molecule has 0 aromatic carbocycles. The zero-order valence-electron chi connectivity index (χ0n) is 11.6. The van der Waals surface area contributed by atoms with Crippen molar-refractivity contribution in [3.8, 4) is 0 Å². The minimum absolute atomic E-state index is 0.0633. The fourth-order valence-corrected chi connectivity index (χ4v) is 1.88. The molecule has 1 saturated heterocycles. The lowest BCUT2D eigenvalue weighted by atomic mass is 10.2. The molecular formula is C13H20N2O4. The number of hydrogen-bond acceptors (Lipinski definition) is 4. The highest BCUT2D eigenvalue weighted by Crippen LogP contribution is 2.08. The van der Waals surface area contributed by atoms with E-state index in [0.717, 1.165) is 0 Å². The van der Waals surface area contributed by atoms with Gasteiger partial charge >= 0.3 is 5.97 Å². The van der Waals surface area contributed by atoms with Gasteiger partial charge in [0.2, 0.25) is 11.8 Å². The Morgan fingerprint density at radius 1 is 1.21 bits per heavy atom. The maximum atomic E-state index is 11.8. The molecule has 1 fully saturated rings. The summed E-state index contributed by atoms with van der Waals surface area (Å²) >= 11 is 0. The molecule has 19 heavy (non-hydrogen) atoms. The number of likely N-dealkylation sites (N-methyl/N-ethyl adjacent to an activating group) is 1. The molecule has 1 rings (SSSR count). The Morgan fingerprint density at radius 3 is 2.32 bits per heavy atom. The number of carbonyl (C=O) groups is 3. The highest BCUT2D eigenvalue weighted by atomic mass is 16.5. The zero-order valence-corrected chi connectivity index (χ0v) is 11.6. The van der Waals surface area contributed by atoms with Gasteiger partial charge in [-0.25, -0.2) is 4.79 Å². The van der Waals surface area contributed by atoms with Gasteiger partial charge in [-0.15, -0.1) is 0 Å². The summed E-state index contributed by atoms with van der Waals surface area (Å²) in [6.07, 6.45) is 2.18. The maximum absolute atomic E-state index is 11.8. The smallest absolute Gasteiger partial charge is 0.333 e. The Bertz CT molecular complexity index is 403. The van der Waals surface area contributed by atoms with E-state index in [1.165, 1.54) is 16.9 Å². The summed E-state index contributed by atoms with van der Waals surface area (Å²) in [6, 6.07) is 0. The summed E-state index contributed by atoms with van der Waals surface area (Å²) in [4.78, 5) is 37.9. The van der Waals surface area contributed by atoms with E-state index >= 15 is 0 Å². The SMILES string of the molecule is CCC(=CCN1CC(=O)N(CC)CC1=O)C(=O)OC. The number of methoxy groups -OCH3 is 1. The minimum atomic E-state index is -0.395. The van der Waals surface area contributed by atoms with Crippen LogP contribution in [-0.4, -0.2) is 60.9 Å². The average Bonchev–Trinajstić information content (AvgIpc) is 2.42. The van der Waals surface area contributed by atoms with E-state index < -0.39 is 5.97 Å². The minimum Gasteiger partial charge on any atom is -0.466 e. The first-order chi connectivity index (χ1) is 9.03. The third kappa shape index (κ3) is 3.81. The topological polar surface area (TPSA) is 66.9 Å². The molecule has 1 aliphatic rings. The van der Waals surface area contributed by atoms with Crippen molar-refractivity contribution in [2.75, 3.05) is 33.3 Å². The summed E-state index contributed by atoms with van der Waals surface area (Å²) in [7, 11) is 1.32. The molecule has 6 nitrogen and oxygen atoms in total. The van der Waals surface area contributed by atoms with Gasteiger partial charge in [0.15, 0.2) is 0 Å². The van der Waals surface area contributed by atoms with Crippen molar-refractivity contribution >= 4 is 17.8 Å². The van der Waals surface area contributed by atoms with Crippen LogP contribution in [0.1, 0.15) is 20.3 Å². The Hall–Kier alpha value is -1.85. The van der Waals surface area contributed by atoms with Gasteiger partial charge in [0.25, 0.3) is 0 Å². The van der Waals surface area contributed by atoms with Crippen LogP contribution in [0.25, 0.3) is 0 Å². The zero-order chi connectivity index (χ0) is 14.4. The van der Waals surface area contributed by atoms with E-state index in [0.29, 0.717) is 18.5 Å². The standard InChI is InChI=1S/C13H20N2O4/c1-4-10(13(18)19-3)6-7-15-9-11(16)14(5-2)8-12(15)17/h6H,4-5,7-9H2,1-3H3. The van der Waals surface area contributed by atoms with Gasteiger partial charge in [0.05, 0.1) is 13.7 Å². The lowest BCUT2D eigenvalue weighted by Gasteiger charge is -2.32. The van der Waals surface area contributed by atoms with Crippen LogP contribution < -0.4 is 0 Å². The maximum Gasteiger partial charge on any atom is 0.333 e. The van der Waals surface area contributed by atoms with E-state index in [1.54, 1.807) is 6.08 Å². The molecule has 0 spiro atoms. The molecule has 106 valence electrons. The predicted octanol–water partition coefficient (Wildman–Crippen LogP) is 0.187. The second-order valence-corrected chi connectivity index (χ2v) is 4.26. The second kappa shape index (κ2) is 6.92. The molecule has 0 bridgehead atoms. The molecule has 1 aliphatic heterocycles. The number of rotatable bonds is 5. The molecule has 0 aromatic rings. The van der Waals surface area contributed by atoms with Crippen molar-refractivity contribution in [1.82, 2.24) is 9.80 Å². The van der Waals surface area contributed by atoms with Crippen LogP contribution in [0.15, 0.2) is 11.6 Å². The summed E-state index contributed by atoms with van der Waals surface area (Å²) in [5.74, 6) is -0.557. The van der Waals surface area contributed by atoms with Gasteiger partial charge in [0, 0.05) is 18.7 Å². The third-order valence-electron chi connectivity index (χ3n) is 3.13. The van der Waals surface area contributed by atoms with E-state index in [-0.39, 0.29) is 31.4 Å². The summed E-state index contributed by atoms with van der Waals surface area (Å²) < 4.78 is 4.64. The van der Waals surface area contributed by atoms with Crippen LogP contribution in [0.5, 0.6) is 0 Å². The van der Waals surface area contributed by atoms with Crippen molar-refractivity contribution < 1.29 is 19.1 Å². The number of hydrogen-bond donors (Lipinski definition) is 0. The van der Waals surface area contributed by atoms with Crippen LogP contribution in [0.3, 0.4) is 0 Å². The first kappa shape index (κ1) is 15.2. The number of carbonyl (C=O) groups excluding carboxylic acids is 3. The number of piperazine rings is 1. The quantitative estimate of drug-likeness (QED) is 0.527. The number of esters is 1. The number of nitrogens with zero attached hydrogens (tertiary/aromatic N) is 2. The lowest BCUT2D eigenvalue weighted by molar-refractivity contribution is -0.149. The molecule has 0 atom stereocenters. The van der Waals surface area contributed by atoms with Crippen molar-refractivity contribution in [3.63, 3.8) is 0 Å². The molecular weight excluding hydrogens is 248 g/mol. The van der Waals surface area contributed by atoms with Gasteiger partial charge in [-0.1, -0.05) is 13.0 Å². The van der Waals surface area contributed by atoms with Crippen molar-refractivity contribution in [2.24, 2.45) is 0 Å². The lowest BCUT2D eigenvalue weighted by Crippen LogP contribution is -2.53. The molecule has 0 aliphatic carbocycles. The van der Waals surface area contributed by atoms with E-state index in [9.17, 15) is 14.4 Å². The molecule has 0 radical (unpaired) electrons. The second-order valence-electron chi connectivity index (χ2n) is 4.26. The summed E-state index contributed by atoms with van der Waals surface area (Å²) in [6.45, 7) is 4.67. The normalized spacial score (nSPS) is 16.9. The molecule has 6 heteroatoms. The van der Waals surface area contributed by atoms with E-state index in [2.05, 4.69) is 4.74 Å². The Morgan fingerprint density at radius 2 is 1.79 bits per heavy atom. The first-order valence-corrected chi connectivity index (χ1v) is 6.36. The molecule has 1 heterocycles.